The lowest BCUT2D eigenvalue weighted by atomic mass is 9.95. The average molecular weight is 622 g/mol. The van der Waals surface area contributed by atoms with Crippen molar-refractivity contribution >= 4 is 40.9 Å². The standard InChI is InChI=1S/C34H38Cl2N4O3/c1-2-6-31-34(43)39(16-15-23-7-5-10-28(36)19-23)17-18-40(31)33(42)30(20-24-11-13-27(35)14-12-24)38-32(41)29-21-25-8-3-4-9-26(25)22-37-29/h3-5,7-14,19,29-31,37H,2,6,15-18,20-22H2,1H3,(H,38,41). The molecule has 2 heterocycles. The quantitative estimate of drug-likeness (QED) is 0.341. The first-order valence-electron chi connectivity index (χ1n) is 15.0. The number of hydrogen-bond acceptors (Lipinski definition) is 4. The molecule has 0 aliphatic carbocycles. The number of carbonyl (C=O) groups is 3. The van der Waals surface area contributed by atoms with Gasteiger partial charge in [0.25, 0.3) is 0 Å². The summed E-state index contributed by atoms with van der Waals surface area (Å²) in [5.74, 6) is -0.508. The van der Waals surface area contributed by atoms with Gasteiger partial charge < -0.3 is 20.4 Å². The van der Waals surface area contributed by atoms with Crippen LogP contribution in [0.4, 0.5) is 0 Å². The van der Waals surface area contributed by atoms with Crippen molar-refractivity contribution in [2.45, 2.75) is 63.7 Å². The van der Waals surface area contributed by atoms with Crippen molar-refractivity contribution < 1.29 is 14.4 Å². The Morgan fingerprint density at radius 2 is 1.72 bits per heavy atom. The number of carbonyl (C=O) groups excluding carboxylic acids is 3. The number of fused-ring (bicyclic) bond motifs is 1. The van der Waals surface area contributed by atoms with Gasteiger partial charge in [-0.25, -0.2) is 0 Å². The van der Waals surface area contributed by atoms with Gasteiger partial charge in [-0.05, 0) is 65.8 Å². The van der Waals surface area contributed by atoms with E-state index in [1.54, 1.807) is 17.0 Å². The lowest BCUT2D eigenvalue weighted by Gasteiger charge is -2.42. The number of halogens is 2. The molecule has 0 bridgehead atoms. The molecule has 3 amide bonds. The first kappa shape index (κ1) is 31.0. The van der Waals surface area contributed by atoms with Crippen molar-refractivity contribution in [1.82, 2.24) is 20.4 Å². The van der Waals surface area contributed by atoms with Crippen LogP contribution in [-0.2, 0) is 40.2 Å². The van der Waals surface area contributed by atoms with Crippen LogP contribution in [0.5, 0.6) is 0 Å². The number of nitrogens with zero attached hydrogens (tertiary/aromatic N) is 2. The maximum Gasteiger partial charge on any atom is 0.246 e. The Kier molecular flexibility index (Phi) is 10.4. The molecule has 1 saturated heterocycles. The van der Waals surface area contributed by atoms with E-state index in [-0.39, 0.29) is 17.7 Å². The molecule has 7 nitrogen and oxygen atoms in total. The van der Waals surface area contributed by atoms with E-state index in [4.69, 9.17) is 23.2 Å². The number of rotatable bonds is 10. The molecule has 9 heteroatoms. The molecule has 3 atom stereocenters. The summed E-state index contributed by atoms with van der Waals surface area (Å²) in [7, 11) is 0. The molecule has 3 unspecified atom stereocenters. The molecule has 5 rings (SSSR count). The normalized spacial score (nSPS) is 19.1. The highest BCUT2D eigenvalue weighted by Crippen LogP contribution is 2.22. The van der Waals surface area contributed by atoms with Gasteiger partial charge in [-0.1, -0.05) is 85.1 Å². The minimum atomic E-state index is -0.821. The molecule has 1 fully saturated rings. The van der Waals surface area contributed by atoms with Crippen molar-refractivity contribution in [3.63, 3.8) is 0 Å². The predicted molar refractivity (Wildman–Crippen MR) is 170 cm³/mol. The molecular formula is C34H38Cl2N4O3. The first-order valence-corrected chi connectivity index (χ1v) is 15.8. The summed E-state index contributed by atoms with van der Waals surface area (Å²) in [6, 6.07) is 21.2. The van der Waals surface area contributed by atoms with Crippen molar-refractivity contribution in [2.75, 3.05) is 19.6 Å². The highest BCUT2D eigenvalue weighted by Gasteiger charge is 2.40. The fourth-order valence-corrected chi connectivity index (χ4v) is 6.34. The van der Waals surface area contributed by atoms with E-state index >= 15 is 0 Å². The Labute approximate surface area is 263 Å². The second kappa shape index (κ2) is 14.4. The van der Waals surface area contributed by atoms with Crippen LogP contribution < -0.4 is 10.6 Å². The Morgan fingerprint density at radius 1 is 0.953 bits per heavy atom. The Morgan fingerprint density at radius 3 is 2.47 bits per heavy atom. The van der Waals surface area contributed by atoms with Gasteiger partial charge in [0.2, 0.25) is 17.7 Å². The minimum Gasteiger partial charge on any atom is -0.343 e. The number of nitrogens with one attached hydrogen (secondary N) is 2. The van der Waals surface area contributed by atoms with E-state index in [2.05, 4.69) is 16.7 Å². The average Bonchev–Trinajstić information content (AvgIpc) is 3.01. The van der Waals surface area contributed by atoms with Crippen LogP contribution in [0.25, 0.3) is 0 Å². The second-order valence-corrected chi connectivity index (χ2v) is 12.2. The van der Waals surface area contributed by atoms with Gasteiger partial charge in [-0.3, -0.25) is 14.4 Å². The van der Waals surface area contributed by atoms with Crippen LogP contribution in [-0.4, -0.2) is 65.3 Å². The number of benzene rings is 3. The summed E-state index contributed by atoms with van der Waals surface area (Å²) in [6.07, 6.45) is 2.84. The van der Waals surface area contributed by atoms with Crippen molar-refractivity contribution in [3.05, 3.63) is 105 Å². The lowest BCUT2D eigenvalue weighted by Crippen LogP contribution is -2.63. The van der Waals surface area contributed by atoms with Crippen LogP contribution >= 0.6 is 23.2 Å². The van der Waals surface area contributed by atoms with Gasteiger partial charge in [-0.15, -0.1) is 0 Å². The van der Waals surface area contributed by atoms with Crippen LogP contribution in [0, 0.1) is 0 Å². The maximum atomic E-state index is 14.2. The topological polar surface area (TPSA) is 81.8 Å². The monoisotopic (exact) mass is 620 g/mol. The third-order valence-corrected chi connectivity index (χ3v) is 8.84. The van der Waals surface area contributed by atoms with E-state index in [9.17, 15) is 14.4 Å². The number of amides is 3. The molecule has 3 aromatic carbocycles. The predicted octanol–water partition coefficient (Wildman–Crippen LogP) is 4.82. The van der Waals surface area contributed by atoms with Crippen LogP contribution in [0.3, 0.4) is 0 Å². The van der Waals surface area contributed by atoms with Gasteiger partial charge in [0, 0.05) is 42.6 Å². The molecule has 2 aliphatic rings. The molecule has 0 spiro atoms. The summed E-state index contributed by atoms with van der Waals surface area (Å²) in [5, 5.41) is 7.65. The van der Waals surface area contributed by atoms with Gasteiger partial charge >= 0.3 is 0 Å². The van der Waals surface area contributed by atoms with E-state index in [1.165, 1.54) is 5.56 Å². The Hall–Kier alpha value is -3.39. The zero-order chi connectivity index (χ0) is 30.3. The Bertz CT molecular complexity index is 1450. The highest BCUT2D eigenvalue weighted by atomic mass is 35.5. The maximum absolute atomic E-state index is 14.2. The van der Waals surface area contributed by atoms with Crippen molar-refractivity contribution in [1.29, 1.82) is 0 Å². The van der Waals surface area contributed by atoms with E-state index in [0.717, 1.165) is 23.1 Å². The van der Waals surface area contributed by atoms with E-state index in [0.29, 0.717) is 61.9 Å². The summed E-state index contributed by atoms with van der Waals surface area (Å²) < 4.78 is 0. The van der Waals surface area contributed by atoms with E-state index in [1.807, 2.05) is 66.4 Å². The molecule has 2 N–H and O–H groups in total. The molecule has 0 saturated carbocycles. The molecular weight excluding hydrogens is 583 g/mol. The van der Waals surface area contributed by atoms with E-state index < -0.39 is 18.1 Å². The Balaban J connectivity index is 1.32. The summed E-state index contributed by atoms with van der Waals surface area (Å²) in [6.45, 7) is 4.01. The fraction of sp³-hybridized carbons (Fsp3) is 0.382. The lowest BCUT2D eigenvalue weighted by molar-refractivity contribution is -0.153. The highest BCUT2D eigenvalue weighted by molar-refractivity contribution is 6.30. The van der Waals surface area contributed by atoms with Gasteiger partial charge in [0.05, 0.1) is 6.04 Å². The number of piperazine rings is 1. The zero-order valence-corrected chi connectivity index (χ0v) is 25.9. The molecule has 43 heavy (non-hydrogen) atoms. The van der Waals surface area contributed by atoms with Crippen molar-refractivity contribution in [3.8, 4) is 0 Å². The largest absolute Gasteiger partial charge is 0.343 e. The number of hydrogen-bond donors (Lipinski definition) is 2. The van der Waals surface area contributed by atoms with Gasteiger partial charge in [0.1, 0.15) is 12.1 Å². The third kappa shape index (κ3) is 7.77. The molecule has 226 valence electrons. The van der Waals surface area contributed by atoms with Gasteiger partial charge in [0.15, 0.2) is 0 Å². The van der Waals surface area contributed by atoms with Crippen molar-refractivity contribution in [2.24, 2.45) is 0 Å². The minimum absolute atomic E-state index is 0.0504. The molecule has 0 radical (unpaired) electrons. The zero-order valence-electron chi connectivity index (χ0n) is 24.4. The summed E-state index contributed by atoms with van der Waals surface area (Å²) >= 11 is 12.3. The second-order valence-electron chi connectivity index (χ2n) is 11.3. The van der Waals surface area contributed by atoms with Crippen LogP contribution in [0.2, 0.25) is 10.0 Å². The summed E-state index contributed by atoms with van der Waals surface area (Å²) in [5.41, 5.74) is 4.25. The smallest absolute Gasteiger partial charge is 0.246 e. The van der Waals surface area contributed by atoms with Crippen LogP contribution in [0.1, 0.15) is 42.0 Å². The molecule has 0 aromatic heterocycles. The SMILES string of the molecule is CCCC1C(=O)N(CCc2cccc(Cl)c2)CCN1C(=O)C(Cc1ccc(Cl)cc1)NC(=O)C1Cc2ccccc2CN1. The third-order valence-electron chi connectivity index (χ3n) is 8.35. The summed E-state index contributed by atoms with van der Waals surface area (Å²) in [4.78, 5) is 45.0. The van der Waals surface area contributed by atoms with Gasteiger partial charge in [-0.2, -0.15) is 0 Å². The van der Waals surface area contributed by atoms with Crippen LogP contribution in [0.15, 0.2) is 72.8 Å². The fourth-order valence-electron chi connectivity index (χ4n) is 6.00. The molecule has 3 aromatic rings. The first-order chi connectivity index (χ1) is 20.8. The molecule has 2 aliphatic heterocycles.